The lowest BCUT2D eigenvalue weighted by atomic mass is 10.1. The number of nitrogens with zero attached hydrogens (tertiary/aromatic N) is 1. The molecule has 0 saturated carbocycles. The van der Waals surface area contributed by atoms with E-state index < -0.39 is 0 Å². The second kappa shape index (κ2) is 10.0. The van der Waals surface area contributed by atoms with Gasteiger partial charge in [0.1, 0.15) is 0 Å². The molecule has 1 amide bonds. The molecule has 0 aliphatic carbocycles. The lowest BCUT2D eigenvalue weighted by Gasteiger charge is -2.17. The predicted octanol–water partition coefficient (Wildman–Crippen LogP) is 5.34. The Morgan fingerprint density at radius 2 is 1.67 bits per heavy atom. The average molecular weight is 331 g/mol. The molecule has 3 nitrogen and oxygen atoms in total. The molecule has 0 aromatic heterocycles. The number of unbranched alkanes of at least 4 members (excludes halogenated alkanes) is 6. The van der Waals surface area contributed by atoms with Crippen LogP contribution in [0.5, 0.6) is 0 Å². The van der Waals surface area contributed by atoms with Crippen LogP contribution in [0.15, 0.2) is 18.2 Å². The summed E-state index contributed by atoms with van der Waals surface area (Å²) in [6.07, 6.45) is 8.69. The number of amides is 1. The third-order valence-corrected chi connectivity index (χ3v) is 4.18. The molecular weight excluding hydrogens is 307 g/mol. The van der Waals surface area contributed by atoms with Gasteiger partial charge in [-0.1, -0.05) is 68.7 Å². The summed E-state index contributed by atoms with van der Waals surface area (Å²) >= 11 is 11.8. The summed E-state index contributed by atoms with van der Waals surface area (Å²) in [5, 5.41) is 2.00. The van der Waals surface area contributed by atoms with Crippen molar-refractivity contribution in [2.75, 3.05) is 5.01 Å². The van der Waals surface area contributed by atoms with E-state index in [0.717, 1.165) is 17.9 Å². The number of nitrogens with two attached hydrogens (primary N) is 1. The maximum absolute atomic E-state index is 12.0. The normalized spacial score (nSPS) is 10.7. The van der Waals surface area contributed by atoms with Gasteiger partial charge >= 0.3 is 0 Å². The van der Waals surface area contributed by atoms with E-state index in [1.807, 2.05) is 0 Å². The highest BCUT2D eigenvalue weighted by atomic mass is 35.5. The lowest BCUT2D eigenvalue weighted by Crippen LogP contribution is -2.37. The van der Waals surface area contributed by atoms with Crippen LogP contribution in [0.1, 0.15) is 58.3 Å². The number of hydrazine groups is 1. The molecule has 0 fully saturated rings. The smallest absolute Gasteiger partial charge is 0.241 e. The molecule has 0 spiro atoms. The van der Waals surface area contributed by atoms with Crippen LogP contribution in [0.3, 0.4) is 0 Å². The van der Waals surface area contributed by atoms with Crippen LogP contribution < -0.4 is 10.9 Å². The second-order valence-electron chi connectivity index (χ2n) is 5.23. The highest BCUT2D eigenvalue weighted by molar-refractivity contribution is 6.42. The molecule has 0 aliphatic rings. The number of carbonyl (C=O) groups excluding carboxylic acids is 1. The molecule has 1 aromatic rings. The van der Waals surface area contributed by atoms with E-state index in [2.05, 4.69) is 6.92 Å². The van der Waals surface area contributed by atoms with Crippen molar-refractivity contribution in [1.82, 2.24) is 0 Å². The molecule has 0 unspecified atom stereocenters. The molecule has 118 valence electrons. The van der Waals surface area contributed by atoms with Crippen molar-refractivity contribution in [3.05, 3.63) is 28.2 Å². The van der Waals surface area contributed by atoms with Crippen molar-refractivity contribution < 1.29 is 4.79 Å². The third-order valence-electron chi connectivity index (χ3n) is 3.44. The van der Waals surface area contributed by atoms with Gasteiger partial charge in [0.25, 0.3) is 0 Å². The summed E-state index contributed by atoms with van der Waals surface area (Å²) in [5.74, 6) is 5.72. The van der Waals surface area contributed by atoms with Crippen LogP contribution in [0.4, 0.5) is 5.69 Å². The van der Waals surface area contributed by atoms with Crippen LogP contribution in [0, 0.1) is 0 Å². The van der Waals surface area contributed by atoms with E-state index in [9.17, 15) is 4.79 Å². The molecule has 2 N–H and O–H groups in total. The Morgan fingerprint density at radius 1 is 1.05 bits per heavy atom. The molecule has 0 heterocycles. The summed E-state index contributed by atoms with van der Waals surface area (Å²) in [5.41, 5.74) is 0.567. The average Bonchev–Trinajstić information content (AvgIpc) is 2.48. The molecule has 0 saturated heterocycles. The molecular formula is C16H24Cl2N2O. The number of rotatable bonds is 9. The van der Waals surface area contributed by atoms with Crippen LogP contribution in [0.25, 0.3) is 0 Å². The van der Waals surface area contributed by atoms with Gasteiger partial charge in [-0.05, 0) is 24.6 Å². The topological polar surface area (TPSA) is 46.3 Å². The Hall–Kier alpha value is -0.770. The SMILES string of the molecule is CCCCCCCCCC(=O)N(N)c1ccc(Cl)c(Cl)c1. The van der Waals surface area contributed by atoms with Gasteiger partial charge in [-0.2, -0.15) is 0 Å². The fourth-order valence-electron chi connectivity index (χ4n) is 2.13. The zero-order chi connectivity index (χ0) is 15.7. The first-order chi connectivity index (χ1) is 10.1. The first-order valence-electron chi connectivity index (χ1n) is 7.59. The summed E-state index contributed by atoms with van der Waals surface area (Å²) in [7, 11) is 0. The standard InChI is InChI=1S/C16H24Cl2N2O/c1-2-3-4-5-6-7-8-9-16(21)20(19)13-10-11-14(17)15(18)12-13/h10-12H,2-9,19H2,1H3. The van der Waals surface area contributed by atoms with E-state index in [1.54, 1.807) is 18.2 Å². The molecule has 1 rings (SSSR count). The minimum absolute atomic E-state index is 0.0954. The minimum Gasteiger partial charge on any atom is -0.273 e. The number of hydrogen-bond acceptors (Lipinski definition) is 2. The largest absolute Gasteiger partial charge is 0.273 e. The van der Waals surface area contributed by atoms with Crippen LogP contribution in [-0.2, 0) is 4.79 Å². The zero-order valence-electron chi connectivity index (χ0n) is 12.6. The van der Waals surface area contributed by atoms with Gasteiger partial charge < -0.3 is 0 Å². The first kappa shape index (κ1) is 18.3. The number of carbonyl (C=O) groups is 1. The number of halogens is 2. The van der Waals surface area contributed by atoms with Gasteiger partial charge in [0.05, 0.1) is 15.7 Å². The van der Waals surface area contributed by atoms with Gasteiger partial charge in [-0.3, -0.25) is 4.79 Å². The van der Waals surface area contributed by atoms with Crippen molar-refractivity contribution in [1.29, 1.82) is 0 Å². The summed E-state index contributed by atoms with van der Waals surface area (Å²) in [4.78, 5) is 12.0. The van der Waals surface area contributed by atoms with E-state index >= 15 is 0 Å². The highest BCUT2D eigenvalue weighted by Crippen LogP contribution is 2.26. The van der Waals surface area contributed by atoms with Crippen molar-refractivity contribution >= 4 is 34.8 Å². The molecule has 0 aliphatic heterocycles. The molecule has 1 aromatic carbocycles. The van der Waals surface area contributed by atoms with Gasteiger partial charge in [0, 0.05) is 6.42 Å². The molecule has 21 heavy (non-hydrogen) atoms. The summed E-state index contributed by atoms with van der Waals surface area (Å²) in [6, 6.07) is 4.93. The molecule has 0 radical (unpaired) electrons. The Bertz CT molecular complexity index is 452. The van der Waals surface area contributed by atoms with Crippen LogP contribution in [0.2, 0.25) is 10.0 Å². The lowest BCUT2D eigenvalue weighted by molar-refractivity contribution is -0.118. The van der Waals surface area contributed by atoms with Gasteiger partial charge in [0.2, 0.25) is 5.91 Å². The summed E-state index contributed by atoms with van der Waals surface area (Å²) in [6.45, 7) is 2.21. The Morgan fingerprint density at radius 3 is 2.29 bits per heavy atom. The van der Waals surface area contributed by atoms with Gasteiger partial charge in [-0.15, -0.1) is 0 Å². The minimum atomic E-state index is -0.0954. The monoisotopic (exact) mass is 330 g/mol. The fraction of sp³-hybridized carbons (Fsp3) is 0.562. The second-order valence-corrected chi connectivity index (χ2v) is 6.05. The van der Waals surface area contributed by atoms with Crippen molar-refractivity contribution in [2.24, 2.45) is 5.84 Å². The zero-order valence-corrected chi connectivity index (χ0v) is 14.1. The van der Waals surface area contributed by atoms with Crippen molar-refractivity contribution in [2.45, 2.75) is 58.3 Å². The van der Waals surface area contributed by atoms with E-state index in [0.29, 0.717) is 22.2 Å². The maximum Gasteiger partial charge on any atom is 0.241 e. The Kier molecular flexibility index (Phi) is 8.74. The quantitative estimate of drug-likeness (QED) is 0.287. The molecule has 0 bridgehead atoms. The summed E-state index contributed by atoms with van der Waals surface area (Å²) < 4.78 is 0. The molecule has 0 atom stereocenters. The van der Waals surface area contributed by atoms with E-state index in [4.69, 9.17) is 29.0 Å². The highest BCUT2D eigenvalue weighted by Gasteiger charge is 2.12. The number of benzene rings is 1. The van der Waals surface area contributed by atoms with Crippen molar-refractivity contribution in [3.63, 3.8) is 0 Å². The first-order valence-corrected chi connectivity index (χ1v) is 8.34. The fourth-order valence-corrected chi connectivity index (χ4v) is 2.42. The van der Waals surface area contributed by atoms with E-state index in [1.165, 1.54) is 32.1 Å². The van der Waals surface area contributed by atoms with Gasteiger partial charge in [0.15, 0.2) is 0 Å². The van der Waals surface area contributed by atoms with Gasteiger partial charge in [-0.25, -0.2) is 10.9 Å². The van der Waals surface area contributed by atoms with Crippen LogP contribution in [-0.4, -0.2) is 5.91 Å². The van der Waals surface area contributed by atoms with Crippen LogP contribution >= 0.6 is 23.2 Å². The molecule has 5 heteroatoms. The maximum atomic E-state index is 12.0. The Labute approximate surface area is 137 Å². The Balaban J connectivity index is 2.29. The third kappa shape index (κ3) is 6.68. The number of hydrogen-bond donors (Lipinski definition) is 1. The van der Waals surface area contributed by atoms with E-state index in [-0.39, 0.29) is 5.91 Å². The number of anilines is 1. The van der Waals surface area contributed by atoms with Crippen molar-refractivity contribution in [3.8, 4) is 0 Å². The predicted molar refractivity (Wildman–Crippen MR) is 90.7 cm³/mol.